The van der Waals surface area contributed by atoms with Gasteiger partial charge in [-0.25, -0.2) is 0 Å². The van der Waals surface area contributed by atoms with Crippen molar-refractivity contribution in [3.05, 3.63) is 66.7 Å². The molecule has 0 atom stereocenters. The number of aromatic nitrogens is 1. The standard InChI is InChI=1S/C25H28NOP/c1-17(2)28(18(3)4)25-23(15-10-16-24(25)27-5)26-21-13-8-6-11-19(21)20-12-7-9-14-22(20)26/h6-18H,1-5H3. The summed E-state index contributed by atoms with van der Waals surface area (Å²) in [7, 11) is 1.41. The fourth-order valence-corrected chi connectivity index (χ4v) is 7.49. The fourth-order valence-electron chi connectivity index (χ4n) is 4.41. The maximum absolute atomic E-state index is 5.89. The lowest BCUT2D eigenvalue weighted by Crippen LogP contribution is -2.21. The zero-order chi connectivity index (χ0) is 19.8. The average Bonchev–Trinajstić information content (AvgIpc) is 3.02. The van der Waals surface area contributed by atoms with E-state index in [2.05, 4.69) is 99.0 Å². The van der Waals surface area contributed by atoms with Crippen LogP contribution in [0.25, 0.3) is 27.5 Å². The number of nitrogens with zero attached hydrogens (tertiary/aromatic N) is 1. The third kappa shape index (κ3) is 3.01. The Kier molecular flexibility index (Phi) is 5.17. The molecule has 4 aromatic rings. The zero-order valence-electron chi connectivity index (χ0n) is 17.3. The Labute approximate surface area is 168 Å². The van der Waals surface area contributed by atoms with Gasteiger partial charge in [0.25, 0.3) is 0 Å². The molecule has 0 spiro atoms. The average molecular weight is 389 g/mol. The van der Waals surface area contributed by atoms with E-state index in [4.69, 9.17) is 4.74 Å². The highest BCUT2D eigenvalue weighted by Gasteiger charge is 2.27. The number of hydrogen-bond acceptors (Lipinski definition) is 1. The van der Waals surface area contributed by atoms with Gasteiger partial charge in [-0.1, -0.05) is 78.1 Å². The second kappa shape index (κ2) is 7.60. The quantitative estimate of drug-likeness (QED) is 0.346. The topological polar surface area (TPSA) is 14.2 Å². The van der Waals surface area contributed by atoms with Crippen molar-refractivity contribution in [3.8, 4) is 11.4 Å². The molecule has 0 radical (unpaired) electrons. The van der Waals surface area contributed by atoms with Crippen molar-refractivity contribution in [2.24, 2.45) is 0 Å². The summed E-state index contributed by atoms with van der Waals surface area (Å²) in [5.41, 5.74) is 4.92. The third-order valence-corrected chi connectivity index (χ3v) is 8.58. The van der Waals surface area contributed by atoms with Gasteiger partial charge in [0.1, 0.15) is 5.75 Å². The van der Waals surface area contributed by atoms with E-state index in [-0.39, 0.29) is 7.92 Å². The summed E-state index contributed by atoms with van der Waals surface area (Å²) < 4.78 is 8.33. The largest absolute Gasteiger partial charge is 0.496 e. The van der Waals surface area contributed by atoms with Gasteiger partial charge in [-0.05, 0) is 35.6 Å². The van der Waals surface area contributed by atoms with Gasteiger partial charge in [0, 0.05) is 16.1 Å². The minimum Gasteiger partial charge on any atom is -0.496 e. The van der Waals surface area contributed by atoms with E-state index in [9.17, 15) is 0 Å². The molecule has 28 heavy (non-hydrogen) atoms. The van der Waals surface area contributed by atoms with Crippen LogP contribution in [0.1, 0.15) is 27.7 Å². The van der Waals surface area contributed by atoms with Crippen LogP contribution in [-0.2, 0) is 0 Å². The SMILES string of the molecule is COc1cccc(-n2c3ccccc3c3ccccc32)c1P(C(C)C)C(C)C. The normalized spacial score (nSPS) is 12.0. The Morgan fingerprint density at radius 3 is 1.75 bits per heavy atom. The molecule has 0 aliphatic rings. The Morgan fingerprint density at radius 1 is 0.714 bits per heavy atom. The maximum Gasteiger partial charge on any atom is 0.128 e. The van der Waals surface area contributed by atoms with Crippen LogP contribution in [0.3, 0.4) is 0 Å². The second-order valence-electron chi connectivity index (χ2n) is 7.79. The smallest absolute Gasteiger partial charge is 0.128 e. The van der Waals surface area contributed by atoms with Crippen molar-refractivity contribution < 1.29 is 4.74 Å². The summed E-state index contributed by atoms with van der Waals surface area (Å²) >= 11 is 0. The van der Waals surface area contributed by atoms with E-state index < -0.39 is 0 Å². The van der Waals surface area contributed by atoms with E-state index >= 15 is 0 Å². The monoisotopic (exact) mass is 389 g/mol. The number of benzene rings is 3. The fraction of sp³-hybridized carbons (Fsp3) is 0.280. The minimum atomic E-state index is -0.383. The van der Waals surface area contributed by atoms with Gasteiger partial charge < -0.3 is 9.30 Å². The van der Waals surface area contributed by atoms with Crippen LogP contribution >= 0.6 is 7.92 Å². The molecule has 144 valence electrons. The lowest BCUT2D eigenvalue weighted by Gasteiger charge is -2.30. The van der Waals surface area contributed by atoms with Crippen molar-refractivity contribution in [3.63, 3.8) is 0 Å². The van der Waals surface area contributed by atoms with Crippen molar-refractivity contribution in [1.82, 2.24) is 4.57 Å². The van der Waals surface area contributed by atoms with E-state index in [1.54, 1.807) is 7.11 Å². The predicted molar refractivity (Wildman–Crippen MR) is 124 cm³/mol. The molecular formula is C25H28NOP. The van der Waals surface area contributed by atoms with Gasteiger partial charge in [-0.15, -0.1) is 0 Å². The number of para-hydroxylation sites is 2. The lowest BCUT2D eigenvalue weighted by molar-refractivity contribution is 0.418. The predicted octanol–water partition coefficient (Wildman–Crippen LogP) is 6.72. The van der Waals surface area contributed by atoms with Gasteiger partial charge in [-0.3, -0.25) is 0 Å². The molecule has 0 amide bonds. The number of fused-ring (bicyclic) bond motifs is 3. The molecule has 0 fully saturated rings. The molecule has 0 N–H and O–H groups in total. The van der Waals surface area contributed by atoms with Crippen molar-refractivity contribution in [2.45, 2.75) is 39.0 Å². The van der Waals surface area contributed by atoms with Gasteiger partial charge in [0.15, 0.2) is 0 Å². The molecule has 3 aromatic carbocycles. The molecule has 1 aromatic heterocycles. The van der Waals surface area contributed by atoms with Gasteiger partial charge in [0.05, 0.1) is 23.8 Å². The van der Waals surface area contributed by atoms with Crippen molar-refractivity contribution in [1.29, 1.82) is 0 Å². The van der Waals surface area contributed by atoms with Gasteiger partial charge in [0.2, 0.25) is 0 Å². The third-order valence-electron chi connectivity index (χ3n) is 5.39. The van der Waals surface area contributed by atoms with Crippen molar-refractivity contribution in [2.75, 3.05) is 7.11 Å². The molecule has 2 nitrogen and oxygen atoms in total. The van der Waals surface area contributed by atoms with Crippen LogP contribution in [0.4, 0.5) is 0 Å². The van der Waals surface area contributed by atoms with Gasteiger partial charge in [-0.2, -0.15) is 0 Å². The molecule has 0 bridgehead atoms. The molecule has 0 aliphatic carbocycles. The number of methoxy groups -OCH3 is 1. The van der Waals surface area contributed by atoms with E-state index in [1.165, 1.54) is 32.8 Å². The first-order chi connectivity index (χ1) is 13.5. The van der Waals surface area contributed by atoms with Crippen LogP contribution in [0, 0.1) is 0 Å². The highest BCUT2D eigenvalue weighted by atomic mass is 31.1. The molecule has 4 rings (SSSR count). The Morgan fingerprint density at radius 2 is 1.25 bits per heavy atom. The van der Waals surface area contributed by atoms with Crippen LogP contribution in [0.5, 0.6) is 5.75 Å². The van der Waals surface area contributed by atoms with Crippen molar-refractivity contribution >= 4 is 35.0 Å². The lowest BCUT2D eigenvalue weighted by atomic mass is 10.2. The van der Waals surface area contributed by atoms with E-state index in [1.807, 2.05) is 0 Å². The highest BCUT2D eigenvalue weighted by molar-refractivity contribution is 7.67. The second-order valence-corrected chi connectivity index (χ2v) is 11.1. The first-order valence-electron chi connectivity index (χ1n) is 9.98. The molecule has 0 aliphatic heterocycles. The molecule has 0 saturated heterocycles. The molecular weight excluding hydrogens is 361 g/mol. The Bertz CT molecular complexity index is 1060. The molecule has 0 saturated carbocycles. The van der Waals surface area contributed by atoms with E-state index in [0.29, 0.717) is 11.3 Å². The van der Waals surface area contributed by atoms with Crippen LogP contribution in [-0.4, -0.2) is 23.0 Å². The minimum absolute atomic E-state index is 0.383. The highest BCUT2D eigenvalue weighted by Crippen LogP contribution is 2.49. The van der Waals surface area contributed by atoms with Crippen LogP contribution in [0.15, 0.2) is 66.7 Å². The zero-order valence-corrected chi connectivity index (χ0v) is 18.2. The first kappa shape index (κ1) is 19.0. The van der Waals surface area contributed by atoms with Crippen LogP contribution < -0.4 is 10.0 Å². The summed E-state index contributed by atoms with van der Waals surface area (Å²) in [5.74, 6) is 1.01. The summed E-state index contributed by atoms with van der Waals surface area (Å²) in [5, 5.41) is 3.96. The Balaban J connectivity index is 2.14. The number of ether oxygens (including phenoxy) is 1. The molecule has 0 unspecified atom stereocenters. The molecule has 3 heteroatoms. The summed E-state index contributed by atoms with van der Waals surface area (Å²) in [6.45, 7) is 9.36. The number of hydrogen-bond donors (Lipinski definition) is 0. The number of rotatable bonds is 5. The molecule has 1 heterocycles. The van der Waals surface area contributed by atoms with E-state index in [0.717, 1.165) is 5.75 Å². The maximum atomic E-state index is 5.89. The van der Waals surface area contributed by atoms with Crippen LogP contribution in [0.2, 0.25) is 0 Å². The first-order valence-corrected chi connectivity index (χ1v) is 11.5. The summed E-state index contributed by atoms with van der Waals surface area (Å²) in [6, 6.07) is 23.9. The summed E-state index contributed by atoms with van der Waals surface area (Å²) in [6.07, 6.45) is 0. The van der Waals surface area contributed by atoms with Gasteiger partial charge >= 0.3 is 0 Å². The Hall–Kier alpha value is -2.31. The summed E-state index contributed by atoms with van der Waals surface area (Å²) in [4.78, 5) is 0.